The summed E-state index contributed by atoms with van der Waals surface area (Å²) in [6.07, 6.45) is 2.97. The molecule has 0 aliphatic carbocycles. The molecule has 0 spiro atoms. The number of amides is 2. The molecule has 1 fully saturated rings. The number of halogens is 1. The van der Waals surface area contributed by atoms with E-state index in [1.807, 2.05) is 0 Å². The monoisotopic (exact) mass is 469 g/mol. The van der Waals surface area contributed by atoms with E-state index in [1.165, 1.54) is 26.2 Å². The Labute approximate surface area is 195 Å². The highest BCUT2D eigenvalue weighted by Gasteiger charge is 2.27. The summed E-state index contributed by atoms with van der Waals surface area (Å²) in [5.41, 5.74) is 5.47. The van der Waals surface area contributed by atoms with Crippen molar-refractivity contribution in [2.75, 3.05) is 31.5 Å². The van der Waals surface area contributed by atoms with Crippen LogP contribution >= 0.6 is 0 Å². The SMILES string of the molecule is CC(C)(O)C(F)CNC(=O)c1cnc(-n2ccc3cc(C(N)=O)cnc32)cc1NCC1CNC1. The fourth-order valence-corrected chi connectivity index (χ4v) is 3.52. The molecule has 0 saturated carbocycles. The van der Waals surface area contributed by atoms with Crippen LogP contribution in [0.5, 0.6) is 0 Å². The maximum Gasteiger partial charge on any atom is 0.255 e. The second kappa shape index (κ2) is 9.35. The molecule has 3 aromatic heterocycles. The Kier molecular flexibility index (Phi) is 6.49. The minimum atomic E-state index is -1.62. The molecule has 1 unspecified atom stereocenters. The van der Waals surface area contributed by atoms with Crippen molar-refractivity contribution < 1.29 is 19.1 Å². The third kappa shape index (κ3) is 5.00. The van der Waals surface area contributed by atoms with E-state index < -0.39 is 23.6 Å². The highest BCUT2D eigenvalue weighted by atomic mass is 19.1. The lowest BCUT2D eigenvalue weighted by atomic mass is 10.0. The van der Waals surface area contributed by atoms with Gasteiger partial charge in [-0.3, -0.25) is 14.2 Å². The Balaban J connectivity index is 1.62. The third-order valence-electron chi connectivity index (χ3n) is 5.85. The minimum Gasteiger partial charge on any atom is -0.387 e. The van der Waals surface area contributed by atoms with Crippen molar-refractivity contribution in [1.29, 1.82) is 0 Å². The number of rotatable bonds is 9. The number of alkyl halides is 1. The third-order valence-corrected chi connectivity index (χ3v) is 5.85. The first-order valence-electron chi connectivity index (χ1n) is 11.0. The highest BCUT2D eigenvalue weighted by molar-refractivity contribution is 6.00. The van der Waals surface area contributed by atoms with E-state index in [1.54, 1.807) is 29.0 Å². The zero-order valence-electron chi connectivity index (χ0n) is 19.0. The van der Waals surface area contributed by atoms with E-state index in [0.717, 1.165) is 18.5 Å². The predicted octanol–water partition coefficient (Wildman–Crippen LogP) is 0.990. The molecule has 0 bridgehead atoms. The highest BCUT2D eigenvalue weighted by Crippen LogP contribution is 2.24. The molecule has 1 saturated heterocycles. The smallest absolute Gasteiger partial charge is 0.255 e. The number of nitrogens with one attached hydrogen (secondary N) is 3. The van der Waals surface area contributed by atoms with Crippen molar-refractivity contribution in [3.63, 3.8) is 0 Å². The van der Waals surface area contributed by atoms with Gasteiger partial charge < -0.3 is 26.8 Å². The normalized spacial score (nSPS) is 15.1. The standard InChI is InChI=1S/C23H28FN7O3/c1-23(2,34)18(24)12-30-22(33)16-11-28-19(6-17(16)27-9-13-7-26-8-13)31-4-3-14-5-15(20(25)32)10-29-21(14)31/h3-6,10-11,13,18,26,34H,7-9,12H2,1-2H3,(H2,25,32)(H,27,28)(H,30,33). The maximum absolute atomic E-state index is 14.1. The number of carbonyl (C=O) groups is 2. The topological polar surface area (TPSA) is 147 Å². The average Bonchev–Trinajstić information content (AvgIpc) is 3.18. The average molecular weight is 470 g/mol. The number of nitrogens with two attached hydrogens (primary N) is 1. The van der Waals surface area contributed by atoms with Gasteiger partial charge in [0.05, 0.1) is 29.0 Å². The van der Waals surface area contributed by atoms with Crippen molar-refractivity contribution in [3.05, 3.63) is 47.9 Å². The summed E-state index contributed by atoms with van der Waals surface area (Å²) in [4.78, 5) is 33.0. The number of anilines is 1. The molecule has 34 heavy (non-hydrogen) atoms. The van der Waals surface area contributed by atoms with Crippen molar-refractivity contribution in [2.45, 2.75) is 25.6 Å². The van der Waals surface area contributed by atoms with Gasteiger partial charge in [-0.1, -0.05) is 0 Å². The zero-order valence-corrected chi connectivity index (χ0v) is 19.0. The lowest BCUT2D eigenvalue weighted by molar-refractivity contribution is -0.00177. The molecule has 1 aliphatic rings. The van der Waals surface area contributed by atoms with Gasteiger partial charge in [0.15, 0.2) is 0 Å². The first-order valence-corrected chi connectivity index (χ1v) is 11.0. The maximum atomic E-state index is 14.1. The molecular weight excluding hydrogens is 441 g/mol. The Morgan fingerprint density at radius 1 is 1.32 bits per heavy atom. The van der Waals surface area contributed by atoms with Crippen LogP contribution in [0.15, 0.2) is 36.8 Å². The predicted molar refractivity (Wildman–Crippen MR) is 126 cm³/mol. The summed E-state index contributed by atoms with van der Waals surface area (Å²) in [6, 6.07) is 5.18. The van der Waals surface area contributed by atoms with Gasteiger partial charge in [-0.25, -0.2) is 14.4 Å². The fraction of sp³-hybridized carbons (Fsp3) is 0.391. The molecule has 6 N–H and O–H groups in total. The summed E-state index contributed by atoms with van der Waals surface area (Å²) in [5.74, 6) is -0.117. The van der Waals surface area contributed by atoms with Gasteiger partial charge in [0.25, 0.3) is 5.91 Å². The minimum absolute atomic E-state index is 0.263. The van der Waals surface area contributed by atoms with Gasteiger partial charge >= 0.3 is 0 Å². The Bertz CT molecular complexity index is 1220. The van der Waals surface area contributed by atoms with Crippen LogP contribution in [0.25, 0.3) is 16.9 Å². The summed E-state index contributed by atoms with van der Waals surface area (Å²) >= 11 is 0. The fourth-order valence-electron chi connectivity index (χ4n) is 3.52. The van der Waals surface area contributed by atoms with Crippen LogP contribution in [0.1, 0.15) is 34.6 Å². The summed E-state index contributed by atoms with van der Waals surface area (Å²) in [6.45, 7) is 4.79. The first kappa shape index (κ1) is 23.6. The number of carbonyl (C=O) groups excluding carboxylic acids is 2. The molecule has 2 amide bonds. The van der Waals surface area contributed by atoms with Crippen molar-refractivity contribution in [1.82, 2.24) is 25.2 Å². The van der Waals surface area contributed by atoms with Gasteiger partial charge in [-0.05, 0) is 26.0 Å². The number of aromatic nitrogens is 3. The van der Waals surface area contributed by atoms with E-state index in [4.69, 9.17) is 5.73 Å². The van der Waals surface area contributed by atoms with Crippen molar-refractivity contribution >= 4 is 28.5 Å². The van der Waals surface area contributed by atoms with Gasteiger partial charge in [0.2, 0.25) is 5.91 Å². The lowest BCUT2D eigenvalue weighted by Crippen LogP contribution is -2.45. The van der Waals surface area contributed by atoms with E-state index in [9.17, 15) is 19.1 Å². The van der Waals surface area contributed by atoms with Crippen LogP contribution < -0.4 is 21.7 Å². The quantitative estimate of drug-likeness (QED) is 0.314. The van der Waals surface area contributed by atoms with Gasteiger partial charge in [-0.15, -0.1) is 0 Å². The molecule has 4 rings (SSSR count). The van der Waals surface area contributed by atoms with E-state index in [2.05, 4.69) is 25.9 Å². The molecule has 1 aliphatic heterocycles. The van der Waals surface area contributed by atoms with E-state index in [-0.39, 0.29) is 12.1 Å². The van der Waals surface area contributed by atoms with E-state index in [0.29, 0.717) is 35.2 Å². The molecule has 10 nitrogen and oxygen atoms in total. The number of primary amides is 1. The molecule has 180 valence electrons. The first-order chi connectivity index (χ1) is 16.1. The van der Waals surface area contributed by atoms with Crippen LogP contribution in [0.3, 0.4) is 0 Å². The number of hydrogen-bond donors (Lipinski definition) is 5. The molecule has 0 aromatic carbocycles. The second-order valence-corrected chi connectivity index (χ2v) is 9.01. The van der Waals surface area contributed by atoms with Crippen LogP contribution in [-0.4, -0.2) is 69.4 Å². The van der Waals surface area contributed by atoms with Crippen LogP contribution in [0, 0.1) is 5.92 Å². The number of pyridine rings is 2. The second-order valence-electron chi connectivity index (χ2n) is 9.01. The van der Waals surface area contributed by atoms with Crippen molar-refractivity contribution in [3.8, 4) is 5.82 Å². The molecule has 1 atom stereocenters. The molecule has 4 heterocycles. The van der Waals surface area contributed by atoms with Crippen LogP contribution in [0.4, 0.5) is 10.1 Å². The van der Waals surface area contributed by atoms with Gasteiger partial charge in [-0.2, -0.15) is 0 Å². The molecular formula is C23H28FN7O3. The largest absolute Gasteiger partial charge is 0.387 e. The molecule has 3 aromatic rings. The van der Waals surface area contributed by atoms with E-state index >= 15 is 0 Å². The Morgan fingerprint density at radius 3 is 2.74 bits per heavy atom. The number of fused-ring (bicyclic) bond motifs is 1. The number of hydrogen-bond acceptors (Lipinski definition) is 7. The summed E-state index contributed by atoms with van der Waals surface area (Å²) < 4.78 is 15.9. The van der Waals surface area contributed by atoms with Crippen molar-refractivity contribution in [2.24, 2.45) is 11.7 Å². The summed E-state index contributed by atoms with van der Waals surface area (Å²) in [5, 5.41) is 19.6. The van der Waals surface area contributed by atoms with Gasteiger partial charge in [0.1, 0.15) is 17.6 Å². The number of nitrogens with zero attached hydrogens (tertiary/aromatic N) is 3. The summed E-state index contributed by atoms with van der Waals surface area (Å²) in [7, 11) is 0. The van der Waals surface area contributed by atoms with Crippen LogP contribution in [0.2, 0.25) is 0 Å². The lowest BCUT2D eigenvalue weighted by Gasteiger charge is -2.28. The molecule has 0 radical (unpaired) electrons. The molecule has 11 heteroatoms. The Hall–Kier alpha value is -3.57. The Morgan fingerprint density at radius 2 is 2.09 bits per heavy atom. The van der Waals surface area contributed by atoms with Gasteiger partial charge in [0, 0.05) is 55.6 Å². The van der Waals surface area contributed by atoms with Crippen LogP contribution in [-0.2, 0) is 0 Å². The number of aliphatic hydroxyl groups is 1. The zero-order chi connectivity index (χ0) is 24.5.